The Kier molecular flexibility index (Phi) is 3.94. The Balaban J connectivity index is 1.83. The van der Waals surface area contributed by atoms with Crippen LogP contribution in [0.2, 0.25) is 0 Å². The van der Waals surface area contributed by atoms with Crippen LogP contribution in [0.3, 0.4) is 0 Å². The molecular weight excluding hydrogens is 285 g/mol. The molecule has 0 saturated carbocycles. The molecular formula is C16H18FN3O2. The molecule has 0 radical (unpaired) electrons. The first-order valence-corrected chi connectivity index (χ1v) is 7.21. The Hall–Kier alpha value is -2.21. The number of aryl methyl sites for hydroxylation is 1. The van der Waals surface area contributed by atoms with Crippen LogP contribution in [-0.2, 0) is 19.5 Å². The van der Waals surface area contributed by atoms with Crippen molar-refractivity contribution in [2.24, 2.45) is 0 Å². The zero-order valence-electron chi connectivity index (χ0n) is 12.6. The van der Waals surface area contributed by atoms with Crippen LogP contribution in [-0.4, -0.2) is 28.5 Å². The minimum atomic E-state index is -0.341. The summed E-state index contributed by atoms with van der Waals surface area (Å²) >= 11 is 0. The van der Waals surface area contributed by atoms with E-state index in [1.807, 2.05) is 4.90 Å². The third kappa shape index (κ3) is 2.74. The summed E-state index contributed by atoms with van der Waals surface area (Å²) < 4.78 is 19.2. The van der Waals surface area contributed by atoms with E-state index in [4.69, 9.17) is 4.74 Å². The van der Waals surface area contributed by atoms with Gasteiger partial charge in [-0.2, -0.15) is 0 Å². The van der Waals surface area contributed by atoms with Crippen LogP contribution in [0.4, 0.5) is 4.39 Å². The van der Waals surface area contributed by atoms with E-state index >= 15 is 0 Å². The predicted molar refractivity (Wildman–Crippen MR) is 80.4 cm³/mol. The van der Waals surface area contributed by atoms with Gasteiger partial charge in [-0.15, -0.1) is 0 Å². The number of fused-ring (bicyclic) bond motifs is 1. The highest BCUT2D eigenvalue weighted by Crippen LogP contribution is 2.23. The maximum Gasteiger partial charge on any atom is 0.255 e. The van der Waals surface area contributed by atoms with Crippen LogP contribution in [0.1, 0.15) is 22.6 Å². The summed E-state index contributed by atoms with van der Waals surface area (Å²) in [4.78, 5) is 21.2. The molecule has 1 aromatic carbocycles. The summed E-state index contributed by atoms with van der Waals surface area (Å²) in [6.07, 6.45) is 0.700. The van der Waals surface area contributed by atoms with Crippen molar-refractivity contribution in [3.05, 3.63) is 57.0 Å². The van der Waals surface area contributed by atoms with Gasteiger partial charge < -0.3 is 9.72 Å². The number of hydrogen-bond acceptors (Lipinski definition) is 4. The van der Waals surface area contributed by atoms with Gasteiger partial charge in [-0.05, 0) is 13.0 Å². The molecule has 1 aliphatic heterocycles. The number of nitrogens with one attached hydrogen (secondary N) is 1. The fourth-order valence-corrected chi connectivity index (χ4v) is 2.82. The molecule has 116 valence electrons. The molecule has 2 heterocycles. The van der Waals surface area contributed by atoms with E-state index in [9.17, 15) is 9.18 Å². The normalized spacial score (nSPS) is 14.7. The summed E-state index contributed by atoms with van der Waals surface area (Å²) in [6.45, 7) is 3.45. The fraction of sp³-hybridized carbons (Fsp3) is 0.375. The summed E-state index contributed by atoms with van der Waals surface area (Å²) in [7, 11) is 1.45. The van der Waals surface area contributed by atoms with Gasteiger partial charge in [0.1, 0.15) is 5.82 Å². The van der Waals surface area contributed by atoms with Crippen molar-refractivity contribution < 1.29 is 9.13 Å². The smallest absolute Gasteiger partial charge is 0.255 e. The molecule has 3 rings (SSSR count). The van der Waals surface area contributed by atoms with Gasteiger partial charge in [-0.1, -0.05) is 12.1 Å². The van der Waals surface area contributed by atoms with Crippen molar-refractivity contribution in [3.63, 3.8) is 0 Å². The number of nitrogens with zero attached hydrogens (tertiary/aromatic N) is 2. The summed E-state index contributed by atoms with van der Waals surface area (Å²) in [5.41, 5.74) is 2.00. The van der Waals surface area contributed by atoms with Gasteiger partial charge in [-0.3, -0.25) is 9.69 Å². The topological polar surface area (TPSA) is 58.2 Å². The van der Waals surface area contributed by atoms with Gasteiger partial charge in [0.25, 0.3) is 5.56 Å². The number of aromatic nitrogens is 2. The van der Waals surface area contributed by atoms with Crippen LogP contribution >= 0.6 is 0 Å². The predicted octanol–water partition coefficient (Wildman–Crippen LogP) is 1.78. The molecule has 5 nitrogen and oxygen atoms in total. The average molecular weight is 303 g/mol. The minimum Gasteiger partial charge on any atom is -0.494 e. The highest BCUT2D eigenvalue weighted by molar-refractivity contribution is 5.31. The highest BCUT2D eigenvalue weighted by Gasteiger charge is 2.22. The van der Waals surface area contributed by atoms with E-state index in [0.29, 0.717) is 36.5 Å². The number of halogens is 1. The molecule has 0 saturated heterocycles. The molecule has 0 bridgehead atoms. The molecule has 22 heavy (non-hydrogen) atoms. The first-order chi connectivity index (χ1) is 10.6. The zero-order chi connectivity index (χ0) is 15.7. The second-order valence-corrected chi connectivity index (χ2v) is 5.47. The van der Waals surface area contributed by atoms with Crippen LogP contribution in [0.25, 0.3) is 0 Å². The van der Waals surface area contributed by atoms with Crippen molar-refractivity contribution in [2.75, 3.05) is 13.7 Å². The molecule has 0 atom stereocenters. The number of ether oxygens (including phenoxy) is 1. The van der Waals surface area contributed by atoms with Gasteiger partial charge in [0.05, 0.1) is 18.4 Å². The quantitative estimate of drug-likeness (QED) is 0.939. The van der Waals surface area contributed by atoms with Crippen molar-refractivity contribution >= 4 is 0 Å². The highest BCUT2D eigenvalue weighted by atomic mass is 19.1. The molecule has 1 N–H and O–H groups in total. The van der Waals surface area contributed by atoms with Gasteiger partial charge in [0.2, 0.25) is 0 Å². The van der Waals surface area contributed by atoms with E-state index in [0.717, 1.165) is 12.2 Å². The van der Waals surface area contributed by atoms with Crippen LogP contribution < -0.4 is 10.3 Å². The molecule has 6 heteroatoms. The fourth-order valence-electron chi connectivity index (χ4n) is 2.82. The van der Waals surface area contributed by atoms with Gasteiger partial charge in [0.15, 0.2) is 11.6 Å². The number of hydrogen-bond donors (Lipinski definition) is 1. The second kappa shape index (κ2) is 5.88. The van der Waals surface area contributed by atoms with Crippen LogP contribution in [0, 0.1) is 12.7 Å². The molecule has 0 unspecified atom stereocenters. The van der Waals surface area contributed by atoms with E-state index < -0.39 is 0 Å². The van der Waals surface area contributed by atoms with Crippen molar-refractivity contribution in [2.45, 2.75) is 26.4 Å². The Morgan fingerprint density at radius 2 is 2.27 bits per heavy atom. The number of benzene rings is 1. The Labute approximate surface area is 127 Å². The standard InChI is InChI=1S/C16H18FN3O2/c1-10-18-13-6-7-20(9-12(13)16(21)19-10)8-11-4-3-5-14(22-2)15(11)17/h3-5H,6-9H2,1-2H3,(H,18,19,21). The van der Waals surface area contributed by atoms with E-state index in [2.05, 4.69) is 9.97 Å². The third-order valence-corrected chi connectivity index (χ3v) is 3.92. The maximum absolute atomic E-state index is 14.2. The largest absolute Gasteiger partial charge is 0.494 e. The van der Waals surface area contributed by atoms with E-state index in [-0.39, 0.29) is 17.1 Å². The summed E-state index contributed by atoms with van der Waals surface area (Å²) in [5, 5.41) is 0. The first-order valence-electron chi connectivity index (χ1n) is 7.21. The van der Waals surface area contributed by atoms with E-state index in [1.165, 1.54) is 7.11 Å². The Bertz CT molecular complexity index is 758. The Morgan fingerprint density at radius 1 is 1.45 bits per heavy atom. The van der Waals surface area contributed by atoms with E-state index in [1.54, 1.807) is 25.1 Å². The summed E-state index contributed by atoms with van der Waals surface area (Å²) in [5.74, 6) is 0.535. The lowest BCUT2D eigenvalue weighted by atomic mass is 10.1. The lowest BCUT2D eigenvalue weighted by molar-refractivity contribution is 0.237. The molecule has 0 aliphatic carbocycles. The number of H-pyrrole nitrogens is 1. The molecule has 0 amide bonds. The number of methoxy groups -OCH3 is 1. The van der Waals surface area contributed by atoms with Crippen LogP contribution in [0.5, 0.6) is 5.75 Å². The molecule has 0 spiro atoms. The van der Waals surface area contributed by atoms with Gasteiger partial charge >= 0.3 is 0 Å². The lowest BCUT2D eigenvalue weighted by Gasteiger charge is -2.27. The summed E-state index contributed by atoms with van der Waals surface area (Å²) in [6, 6.07) is 5.11. The lowest BCUT2D eigenvalue weighted by Crippen LogP contribution is -2.35. The number of rotatable bonds is 3. The van der Waals surface area contributed by atoms with Gasteiger partial charge in [0, 0.05) is 31.6 Å². The second-order valence-electron chi connectivity index (χ2n) is 5.47. The first kappa shape index (κ1) is 14.7. The Morgan fingerprint density at radius 3 is 3.05 bits per heavy atom. The van der Waals surface area contributed by atoms with Crippen molar-refractivity contribution in [1.29, 1.82) is 0 Å². The number of aromatic amines is 1. The van der Waals surface area contributed by atoms with Gasteiger partial charge in [-0.25, -0.2) is 9.37 Å². The van der Waals surface area contributed by atoms with Crippen molar-refractivity contribution in [3.8, 4) is 5.75 Å². The molecule has 1 aliphatic rings. The monoisotopic (exact) mass is 303 g/mol. The maximum atomic E-state index is 14.2. The SMILES string of the molecule is COc1cccc(CN2CCc3nc(C)[nH]c(=O)c3C2)c1F. The zero-order valence-corrected chi connectivity index (χ0v) is 12.6. The van der Waals surface area contributed by atoms with Crippen LogP contribution in [0.15, 0.2) is 23.0 Å². The third-order valence-electron chi connectivity index (χ3n) is 3.92. The molecule has 2 aromatic rings. The van der Waals surface area contributed by atoms with Crippen molar-refractivity contribution in [1.82, 2.24) is 14.9 Å². The average Bonchev–Trinajstić information content (AvgIpc) is 2.50. The minimum absolute atomic E-state index is 0.0988. The molecule has 1 aromatic heterocycles. The molecule has 0 fully saturated rings.